The maximum absolute atomic E-state index is 14.5. The Morgan fingerprint density at radius 2 is 1.77 bits per heavy atom. The van der Waals surface area contributed by atoms with Gasteiger partial charge in [0.05, 0.1) is 6.61 Å². The summed E-state index contributed by atoms with van der Waals surface area (Å²) >= 11 is 3.47. The Hall–Kier alpha value is -4.34. The Morgan fingerprint density at radius 3 is 2.50 bits per heavy atom. The summed E-state index contributed by atoms with van der Waals surface area (Å²) in [4.78, 5) is 19.1. The summed E-state index contributed by atoms with van der Waals surface area (Å²) in [7, 11) is 0. The highest BCUT2D eigenvalue weighted by Crippen LogP contribution is 2.43. The predicted molar refractivity (Wildman–Crippen MR) is 169 cm³/mol. The fourth-order valence-corrected chi connectivity index (χ4v) is 5.16. The minimum absolute atomic E-state index is 0.0217. The summed E-state index contributed by atoms with van der Waals surface area (Å²) < 4.78 is 41.4. The first kappa shape index (κ1) is 31.1. The van der Waals surface area contributed by atoms with E-state index in [1.54, 1.807) is 24.3 Å². The van der Waals surface area contributed by atoms with Gasteiger partial charge >= 0.3 is 0 Å². The number of nitrogens with one attached hydrogen (secondary N) is 1. The summed E-state index contributed by atoms with van der Waals surface area (Å²) in [6.07, 6.45) is 3.62. The van der Waals surface area contributed by atoms with Crippen molar-refractivity contribution in [1.82, 2.24) is 5.32 Å². The number of nitrogens with zero attached hydrogens (tertiary/aromatic N) is 1. The van der Waals surface area contributed by atoms with Gasteiger partial charge in [-0.05, 0) is 65.7 Å². The molecule has 4 aromatic rings. The molecule has 0 saturated carbocycles. The zero-order chi connectivity index (χ0) is 30.9. The molecule has 9 heteroatoms. The summed E-state index contributed by atoms with van der Waals surface area (Å²) in [6, 6.07) is 27.4. The van der Waals surface area contributed by atoms with E-state index in [-0.39, 0.29) is 31.0 Å². The highest BCUT2D eigenvalue weighted by Gasteiger charge is 2.52. The van der Waals surface area contributed by atoms with Gasteiger partial charge in [-0.15, -0.1) is 0 Å². The molecule has 1 heterocycles. The first-order valence-corrected chi connectivity index (χ1v) is 15.0. The van der Waals surface area contributed by atoms with Crippen LogP contribution in [0.15, 0.2) is 113 Å². The molecule has 1 aliphatic heterocycles. The van der Waals surface area contributed by atoms with Crippen LogP contribution in [0.1, 0.15) is 41.2 Å². The van der Waals surface area contributed by atoms with Crippen molar-refractivity contribution in [3.05, 3.63) is 141 Å². The van der Waals surface area contributed by atoms with E-state index in [1.807, 2.05) is 66.7 Å². The third-order valence-electron chi connectivity index (χ3n) is 7.19. The summed E-state index contributed by atoms with van der Waals surface area (Å²) in [5, 5.41) is 11.8. The van der Waals surface area contributed by atoms with E-state index in [2.05, 4.69) is 21.2 Å². The van der Waals surface area contributed by atoms with Crippen molar-refractivity contribution in [1.29, 1.82) is 0 Å². The number of carbonyl (C=O) groups is 1. The second-order valence-electron chi connectivity index (χ2n) is 10.3. The number of rotatable bonds is 12. The third kappa shape index (κ3) is 7.41. The van der Waals surface area contributed by atoms with Crippen molar-refractivity contribution in [3.8, 4) is 5.75 Å². The number of aliphatic imine (C=N–C) groups is 1. The Balaban J connectivity index is 1.53. The molecular formula is C35H31BrF2N2O4. The van der Waals surface area contributed by atoms with Crippen molar-refractivity contribution < 1.29 is 28.2 Å². The van der Waals surface area contributed by atoms with E-state index in [4.69, 9.17) is 19.6 Å². The molecule has 0 unspecified atom stereocenters. The maximum Gasteiger partial charge on any atom is 0.252 e. The molecule has 0 radical (unpaired) electrons. The summed E-state index contributed by atoms with van der Waals surface area (Å²) in [6.45, 7) is 0.182. The molecule has 0 saturated heterocycles. The van der Waals surface area contributed by atoms with Gasteiger partial charge in [0, 0.05) is 41.6 Å². The Bertz CT molecular complexity index is 1630. The molecule has 226 valence electrons. The maximum atomic E-state index is 14.5. The summed E-state index contributed by atoms with van der Waals surface area (Å²) in [5.74, 6) is -0.831. The van der Waals surface area contributed by atoms with Crippen molar-refractivity contribution in [2.45, 2.75) is 31.0 Å². The van der Waals surface area contributed by atoms with Crippen LogP contribution >= 0.6 is 15.9 Å². The number of ether oxygens (including phenoxy) is 2. The number of carbonyl (C=O) groups excluding carboxylic acids is 1. The van der Waals surface area contributed by atoms with Crippen LogP contribution in [0.3, 0.4) is 0 Å². The number of halogens is 3. The molecule has 0 spiro atoms. The van der Waals surface area contributed by atoms with Crippen LogP contribution in [0.4, 0.5) is 8.78 Å². The van der Waals surface area contributed by atoms with E-state index < -0.39 is 29.2 Å². The lowest BCUT2D eigenvalue weighted by molar-refractivity contribution is -0.129. The van der Waals surface area contributed by atoms with E-state index >= 15 is 0 Å². The number of aliphatic hydroxyl groups excluding tert-OH is 1. The number of aliphatic hydroxyl groups is 1. The molecule has 1 amide bonds. The van der Waals surface area contributed by atoms with Gasteiger partial charge < -0.3 is 19.9 Å². The van der Waals surface area contributed by atoms with Gasteiger partial charge in [0.1, 0.15) is 17.4 Å². The topological polar surface area (TPSA) is 80.2 Å². The van der Waals surface area contributed by atoms with Crippen molar-refractivity contribution in [2.24, 2.45) is 4.99 Å². The Labute approximate surface area is 263 Å². The van der Waals surface area contributed by atoms with Gasteiger partial charge in [-0.25, -0.2) is 13.8 Å². The minimum atomic E-state index is -1.48. The standard InChI is InChI=1S/C35H31BrF2N2O4/c36-28-13-9-25(10-14-28)32-35(19-4-8-24-6-2-1-3-7-24,34(42)39-23-27-22-29(37)15-18-31(27)38)40-33(44-32)26-11-16-30(17-12-26)43-21-5-20-41/h1-4,6-18,22,32,41H,5,19-21,23H2,(H,39,42)/b8-4+/t32-,35-/m1/s1. The van der Waals surface area contributed by atoms with Crippen LogP contribution in [-0.2, 0) is 16.1 Å². The predicted octanol–water partition coefficient (Wildman–Crippen LogP) is 7.17. The smallest absolute Gasteiger partial charge is 0.252 e. The minimum Gasteiger partial charge on any atom is -0.494 e. The molecule has 44 heavy (non-hydrogen) atoms. The van der Waals surface area contributed by atoms with Crippen LogP contribution in [0.5, 0.6) is 5.75 Å². The van der Waals surface area contributed by atoms with Gasteiger partial charge in [0.15, 0.2) is 11.6 Å². The molecule has 2 N–H and O–H groups in total. The Kier molecular flexibility index (Phi) is 10.2. The van der Waals surface area contributed by atoms with Gasteiger partial charge in [-0.1, -0.05) is 70.5 Å². The van der Waals surface area contributed by atoms with E-state index in [1.165, 1.54) is 0 Å². The van der Waals surface area contributed by atoms with E-state index in [9.17, 15) is 13.6 Å². The molecule has 6 nitrogen and oxygen atoms in total. The average Bonchev–Trinajstić information content (AvgIpc) is 3.43. The van der Waals surface area contributed by atoms with Crippen LogP contribution < -0.4 is 10.1 Å². The van der Waals surface area contributed by atoms with Crippen molar-refractivity contribution in [2.75, 3.05) is 13.2 Å². The number of hydrogen-bond donors (Lipinski definition) is 2. The molecule has 2 atom stereocenters. The summed E-state index contributed by atoms with van der Waals surface area (Å²) in [5.41, 5.74) is 0.850. The molecule has 0 aliphatic carbocycles. The fraction of sp³-hybridized carbons (Fsp3) is 0.200. The molecule has 0 bridgehead atoms. The third-order valence-corrected chi connectivity index (χ3v) is 7.72. The van der Waals surface area contributed by atoms with Gasteiger partial charge in [0.25, 0.3) is 5.91 Å². The average molecular weight is 662 g/mol. The monoisotopic (exact) mass is 660 g/mol. The largest absolute Gasteiger partial charge is 0.494 e. The second-order valence-corrected chi connectivity index (χ2v) is 11.2. The number of amides is 1. The van der Waals surface area contributed by atoms with E-state index in [0.29, 0.717) is 24.3 Å². The zero-order valence-electron chi connectivity index (χ0n) is 23.8. The molecule has 0 aromatic heterocycles. The number of benzene rings is 4. The molecule has 0 fully saturated rings. The lowest BCUT2D eigenvalue weighted by Crippen LogP contribution is -2.47. The van der Waals surface area contributed by atoms with Gasteiger partial charge in [-0.2, -0.15) is 0 Å². The molecule has 1 aliphatic rings. The highest BCUT2D eigenvalue weighted by molar-refractivity contribution is 9.10. The lowest BCUT2D eigenvalue weighted by atomic mass is 9.84. The fourth-order valence-electron chi connectivity index (χ4n) is 4.90. The Morgan fingerprint density at radius 1 is 1.02 bits per heavy atom. The van der Waals surface area contributed by atoms with Crippen LogP contribution in [0.2, 0.25) is 0 Å². The van der Waals surface area contributed by atoms with Gasteiger partial charge in [-0.3, -0.25) is 4.79 Å². The first-order valence-electron chi connectivity index (χ1n) is 14.2. The zero-order valence-corrected chi connectivity index (χ0v) is 25.3. The lowest BCUT2D eigenvalue weighted by Gasteiger charge is -2.30. The molecular weight excluding hydrogens is 630 g/mol. The molecule has 5 rings (SSSR count). The van der Waals surface area contributed by atoms with Crippen LogP contribution in [0.25, 0.3) is 6.08 Å². The molecule has 4 aromatic carbocycles. The van der Waals surface area contributed by atoms with Crippen LogP contribution in [0, 0.1) is 11.6 Å². The van der Waals surface area contributed by atoms with Crippen LogP contribution in [-0.4, -0.2) is 35.7 Å². The van der Waals surface area contributed by atoms with Crippen molar-refractivity contribution in [3.63, 3.8) is 0 Å². The van der Waals surface area contributed by atoms with Gasteiger partial charge in [0.2, 0.25) is 5.90 Å². The normalized spacial score (nSPS) is 17.7. The second kappa shape index (κ2) is 14.4. The quantitative estimate of drug-likeness (QED) is 0.158. The SMILES string of the molecule is O=C(NCc1cc(F)ccc1F)[C@]1(C/C=C/c2ccccc2)N=C(c2ccc(OCCCO)cc2)O[C@@H]1c1ccc(Br)cc1. The highest BCUT2D eigenvalue weighted by atomic mass is 79.9. The number of hydrogen-bond acceptors (Lipinski definition) is 5. The van der Waals surface area contributed by atoms with Crippen molar-refractivity contribution >= 4 is 33.8 Å². The first-order chi connectivity index (χ1) is 21.4. The van der Waals surface area contributed by atoms with E-state index in [0.717, 1.165) is 33.8 Å².